The van der Waals surface area contributed by atoms with E-state index >= 15 is 0 Å². The Balaban J connectivity index is 3.22. The second kappa shape index (κ2) is 18.5. The molecular formula is C22H48O3Si. The van der Waals surface area contributed by atoms with Crippen LogP contribution in [0.1, 0.15) is 110 Å². The lowest BCUT2D eigenvalue weighted by Crippen LogP contribution is -2.42. The normalized spacial score (nSPS) is 12.2. The minimum Gasteiger partial charge on any atom is -0.377 e. The van der Waals surface area contributed by atoms with E-state index in [4.69, 9.17) is 13.3 Å². The molecule has 0 aliphatic rings. The quantitative estimate of drug-likeness (QED) is 0.161. The first-order valence-electron chi connectivity index (χ1n) is 11.3. The van der Waals surface area contributed by atoms with Crippen molar-refractivity contribution in [2.24, 2.45) is 5.92 Å². The fourth-order valence-corrected chi connectivity index (χ4v) is 5.37. The Morgan fingerprint density at radius 2 is 0.808 bits per heavy atom. The van der Waals surface area contributed by atoms with E-state index in [1.165, 1.54) is 89.9 Å². The standard InChI is InChI=1S/C22H48O3Si/c1-22(2)20-18-16-14-12-10-8-6-7-9-11-13-15-17-19-21-26(23-3,24-4)25-5/h22H,6-21H2,1-5H3. The molecule has 0 heterocycles. The number of rotatable bonds is 20. The molecular weight excluding hydrogens is 340 g/mol. The van der Waals surface area contributed by atoms with Crippen molar-refractivity contribution in [1.29, 1.82) is 0 Å². The first kappa shape index (κ1) is 26.1. The van der Waals surface area contributed by atoms with Crippen LogP contribution in [-0.2, 0) is 13.3 Å². The lowest BCUT2D eigenvalue weighted by atomic mass is 10.0. The van der Waals surface area contributed by atoms with Crippen LogP contribution in [-0.4, -0.2) is 30.1 Å². The summed E-state index contributed by atoms with van der Waals surface area (Å²) in [5, 5.41) is 0. The summed E-state index contributed by atoms with van der Waals surface area (Å²) >= 11 is 0. The van der Waals surface area contributed by atoms with Crippen LogP contribution in [0.3, 0.4) is 0 Å². The summed E-state index contributed by atoms with van der Waals surface area (Å²) < 4.78 is 16.4. The molecule has 0 aromatic rings. The van der Waals surface area contributed by atoms with E-state index in [9.17, 15) is 0 Å². The van der Waals surface area contributed by atoms with Crippen molar-refractivity contribution in [3.63, 3.8) is 0 Å². The average molecular weight is 389 g/mol. The van der Waals surface area contributed by atoms with Gasteiger partial charge in [0, 0.05) is 27.4 Å². The van der Waals surface area contributed by atoms with E-state index in [-0.39, 0.29) is 0 Å². The Kier molecular flexibility index (Phi) is 18.5. The summed E-state index contributed by atoms with van der Waals surface area (Å²) in [4.78, 5) is 0. The first-order valence-corrected chi connectivity index (χ1v) is 13.2. The maximum absolute atomic E-state index is 5.46. The molecule has 0 amide bonds. The number of unbranched alkanes of at least 4 members (excludes halogenated alkanes) is 13. The molecule has 0 aliphatic carbocycles. The molecule has 26 heavy (non-hydrogen) atoms. The lowest BCUT2D eigenvalue weighted by Gasteiger charge is -2.24. The molecule has 0 unspecified atom stereocenters. The van der Waals surface area contributed by atoms with Gasteiger partial charge >= 0.3 is 8.80 Å². The molecule has 0 saturated heterocycles. The van der Waals surface area contributed by atoms with Gasteiger partial charge in [0.1, 0.15) is 0 Å². The van der Waals surface area contributed by atoms with Gasteiger partial charge in [0.05, 0.1) is 0 Å². The van der Waals surface area contributed by atoms with Crippen LogP contribution in [0.4, 0.5) is 0 Å². The average Bonchev–Trinajstić information content (AvgIpc) is 2.65. The summed E-state index contributed by atoms with van der Waals surface area (Å²) in [6.45, 7) is 4.66. The molecule has 0 fully saturated rings. The fraction of sp³-hybridized carbons (Fsp3) is 1.00. The van der Waals surface area contributed by atoms with Gasteiger partial charge in [-0.25, -0.2) is 0 Å². The summed E-state index contributed by atoms with van der Waals surface area (Å²) in [6, 6.07) is 0.938. The SMILES string of the molecule is CO[Si](CCCCCCCCCCCCCCCCC(C)C)(OC)OC. The van der Waals surface area contributed by atoms with E-state index in [1.54, 1.807) is 21.3 Å². The van der Waals surface area contributed by atoms with Crippen LogP contribution in [0, 0.1) is 5.92 Å². The monoisotopic (exact) mass is 388 g/mol. The Labute approximate surface area is 165 Å². The summed E-state index contributed by atoms with van der Waals surface area (Å²) in [7, 11) is 2.77. The van der Waals surface area contributed by atoms with E-state index in [2.05, 4.69) is 13.8 Å². The van der Waals surface area contributed by atoms with Gasteiger partial charge in [-0.3, -0.25) is 0 Å². The molecule has 0 N–H and O–H groups in total. The summed E-state index contributed by atoms with van der Waals surface area (Å²) in [5.41, 5.74) is 0. The Bertz CT molecular complexity index is 272. The van der Waals surface area contributed by atoms with Gasteiger partial charge in [0.25, 0.3) is 0 Å². The van der Waals surface area contributed by atoms with Crippen LogP contribution in [0.2, 0.25) is 6.04 Å². The van der Waals surface area contributed by atoms with Gasteiger partial charge in [-0.1, -0.05) is 104 Å². The third-order valence-electron chi connectivity index (χ3n) is 5.45. The minimum absolute atomic E-state index is 0.881. The molecule has 0 bridgehead atoms. The van der Waals surface area contributed by atoms with Gasteiger partial charge in [0.2, 0.25) is 0 Å². The third kappa shape index (κ3) is 15.2. The maximum Gasteiger partial charge on any atom is 0.500 e. The van der Waals surface area contributed by atoms with Crippen LogP contribution < -0.4 is 0 Å². The second-order valence-corrected chi connectivity index (χ2v) is 11.3. The van der Waals surface area contributed by atoms with Gasteiger partial charge in [-0.05, 0) is 12.3 Å². The van der Waals surface area contributed by atoms with Crippen LogP contribution in [0.15, 0.2) is 0 Å². The Morgan fingerprint density at radius 3 is 1.12 bits per heavy atom. The van der Waals surface area contributed by atoms with Gasteiger partial charge < -0.3 is 13.3 Å². The zero-order valence-electron chi connectivity index (χ0n) is 18.6. The van der Waals surface area contributed by atoms with Crippen molar-refractivity contribution in [2.75, 3.05) is 21.3 Å². The maximum atomic E-state index is 5.46. The van der Waals surface area contributed by atoms with Gasteiger partial charge in [-0.2, -0.15) is 0 Å². The number of hydrogen-bond acceptors (Lipinski definition) is 3. The van der Waals surface area contributed by atoms with Crippen molar-refractivity contribution < 1.29 is 13.3 Å². The van der Waals surface area contributed by atoms with E-state index in [1.807, 2.05) is 0 Å². The molecule has 158 valence electrons. The second-order valence-electron chi connectivity index (χ2n) is 8.18. The molecule has 0 aromatic heterocycles. The molecule has 0 radical (unpaired) electrons. The number of hydrogen-bond donors (Lipinski definition) is 0. The summed E-state index contributed by atoms with van der Waals surface area (Å²) in [6.07, 6.45) is 20.9. The van der Waals surface area contributed by atoms with E-state index in [0.29, 0.717) is 0 Å². The van der Waals surface area contributed by atoms with Gasteiger partial charge in [-0.15, -0.1) is 0 Å². The van der Waals surface area contributed by atoms with Crippen molar-refractivity contribution >= 4 is 8.80 Å². The van der Waals surface area contributed by atoms with Gasteiger partial charge in [0.15, 0.2) is 0 Å². The highest BCUT2D eigenvalue weighted by Gasteiger charge is 2.36. The molecule has 3 nitrogen and oxygen atoms in total. The largest absolute Gasteiger partial charge is 0.500 e. The third-order valence-corrected chi connectivity index (χ3v) is 8.28. The topological polar surface area (TPSA) is 27.7 Å². The zero-order chi connectivity index (χ0) is 19.5. The highest BCUT2D eigenvalue weighted by molar-refractivity contribution is 6.60. The predicted molar refractivity (Wildman–Crippen MR) is 116 cm³/mol. The Hall–Kier alpha value is 0.0969. The molecule has 0 rings (SSSR count). The smallest absolute Gasteiger partial charge is 0.377 e. The molecule has 0 aromatic carbocycles. The van der Waals surface area contributed by atoms with Crippen LogP contribution in [0.5, 0.6) is 0 Å². The fourth-order valence-electron chi connectivity index (χ4n) is 3.57. The van der Waals surface area contributed by atoms with Crippen LogP contribution in [0.25, 0.3) is 0 Å². The van der Waals surface area contributed by atoms with Crippen molar-refractivity contribution in [2.45, 2.75) is 116 Å². The lowest BCUT2D eigenvalue weighted by molar-refractivity contribution is 0.122. The summed E-state index contributed by atoms with van der Waals surface area (Å²) in [5.74, 6) is 0.881. The van der Waals surface area contributed by atoms with Crippen molar-refractivity contribution in [3.05, 3.63) is 0 Å². The first-order chi connectivity index (χ1) is 12.6. The highest BCUT2D eigenvalue weighted by Crippen LogP contribution is 2.19. The van der Waals surface area contributed by atoms with E-state index < -0.39 is 8.80 Å². The minimum atomic E-state index is -2.33. The van der Waals surface area contributed by atoms with E-state index in [0.717, 1.165) is 18.4 Å². The van der Waals surface area contributed by atoms with Crippen molar-refractivity contribution in [3.8, 4) is 0 Å². The molecule has 4 heteroatoms. The molecule has 0 spiro atoms. The molecule has 0 saturated carbocycles. The highest BCUT2D eigenvalue weighted by atomic mass is 28.4. The van der Waals surface area contributed by atoms with Crippen molar-refractivity contribution in [1.82, 2.24) is 0 Å². The molecule has 0 aliphatic heterocycles. The van der Waals surface area contributed by atoms with Crippen LogP contribution >= 0.6 is 0 Å². The predicted octanol–water partition coefficient (Wildman–Crippen LogP) is 7.37. The Morgan fingerprint density at radius 1 is 0.500 bits per heavy atom. The molecule has 0 atom stereocenters. The zero-order valence-corrected chi connectivity index (χ0v) is 19.6.